The van der Waals surface area contributed by atoms with Crippen molar-refractivity contribution in [1.82, 2.24) is 4.98 Å². The SMILES string of the molecule is Cc1ccc(NC(=O)C(N)CCS(C)(=O)=O)cn1. The maximum absolute atomic E-state index is 11.7. The molecule has 0 bridgehead atoms. The molecule has 1 unspecified atom stereocenters. The quantitative estimate of drug-likeness (QED) is 0.790. The molecule has 0 spiro atoms. The summed E-state index contributed by atoms with van der Waals surface area (Å²) in [5.74, 6) is -0.516. The molecule has 0 aliphatic carbocycles. The summed E-state index contributed by atoms with van der Waals surface area (Å²) in [6, 6.07) is 2.63. The third-order valence-electron chi connectivity index (χ3n) is 2.32. The highest BCUT2D eigenvalue weighted by Crippen LogP contribution is 2.06. The molecule has 100 valence electrons. The lowest BCUT2D eigenvalue weighted by Crippen LogP contribution is -2.37. The zero-order valence-electron chi connectivity index (χ0n) is 10.4. The van der Waals surface area contributed by atoms with E-state index in [-0.39, 0.29) is 12.2 Å². The van der Waals surface area contributed by atoms with Gasteiger partial charge in [-0.3, -0.25) is 9.78 Å². The van der Waals surface area contributed by atoms with Gasteiger partial charge in [0.25, 0.3) is 0 Å². The van der Waals surface area contributed by atoms with Gasteiger partial charge in [-0.05, 0) is 25.5 Å². The number of nitrogens with one attached hydrogen (secondary N) is 1. The Bertz CT molecular complexity index is 511. The number of pyridine rings is 1. The first-order valence-electron chi connectivity index (χ1n) is 5.45. The molecule has 18 heavy (non-hydrogen) atoms. The van der Waals surface area contributed by atoms with Gasteiger partial charge in [-0.2, -0.15) is 0 Å². The van der Waals surface area contributed by atoms with Crippen molar-refractivity contribution >= 4 is 21.4 Å². The van der Waals surface area contributed by atoms with Crippen LogP contribution in [0.25, 0.3) is 0 Å². The molecule has 0 aliphatic heterocycles. The number of sulfone groups is 1. The van der Waals surface area contributed by atoms with Crippen LogP contribution in [0.3, 0.4) is 0 Å². The minimum atomic E-state index is -3.10. The lowest BCUT2D eigenvalue weighted by molar-refractivity contribution is -0.117. The number of aromatic nitrogens is 1. The summed E-state index contributed by atoms with van der Waals surface area (Å²) < 4.78 is 21.9. The first-order chi connectivity index (χ1) is 8.28. The van der Waals surface area contributed by atoms with Gasteiger partial charge < -0.3 is 11.1 Å². The van der Waals surface area contributed by atoms with Crippen molar-refractivity contribution in [2.24, 2.45) is 5.73 Å². The van der Waals surface area contributed by atoms with Crippen molar-refractivity contribution in [2.75, 3.05) is 17.3 Å². The monoisotopic (exact) mass is 271 g/mol. The predicted molar refractivity (Wildman–Crippen MR) is 69.9 cm³/mol. The molecule has 0 saturated heterocycles. The summed E-state index contributed by atoms with van der Waals surface area (Å²) in [6.45, 7) is 1.84. The van der Waals surface area contributed by atoms with Crippen LogP contribution in [-0.4, -0.2) is 37.4 Å². The molecule has 1 heterocycles. The van der Waals surface area contributed by atoms with Crippen LogP contribution in [0.2, 0.25) is 0 Å². The van der Waals surface area contributed by atoms with E-state index in [1.54, 1.807) is 12.1 Å². The normalized spacial score (nSPS) is 13.1. The molecule has 6 nitrogen and oxygen atoms in total. The second kappa shape index (κ2) is 5.92. The van der Waals surface area contributed by atoms with E-state index in [1.165, 1.54) is 6.20 Å². The summed E-state index contributed by atoms with van der Waals surface area (Å²) >= 11 is 0. The second-order valence-corrected chi connectivity index (χ2v) is 6.46. The van der Waals surface area contributed by atoms with Crippen LogP contribution in [0.5, 0.6) is 0 Å². The fourth-order valence-corrected chi connectivity index (χ4v) is 1.93. The van der Waals surface area contributed by atoms with Crippen LogP contribution in [0, 0.1) is 6.92 Å². The number of rotatable bonds is 5. The largest absolute Gasteiger partial charge is 0.323 e. The van der Waals surface area contributed by atoms with E-state index < -0.39 is 21.8 Å². The molecule has 7 heteroatoms. The van der Waals surface area contributed by atoms with Crippen molar-refractivity contribution in [2.45, 2.75) is 19.4 Å². The van der Waals surface area contributed by atoms with Gasteiger partial charge in [-0.25, -0.2) is 8.42 Å². The van der Waals surface area contributed by atoms with E-state index in [9.17, 15) is 13.2 Å². The van der Waals surface area contributed by atoms with E-state index in [0.29, 0.717) is 5.69 Å². The molecule has 1 aromatic heterocycles. The number of carbonyl (C=O) groups is 1. The Labute approximate surface area is 107 Å². The van der Waals surface area contributed by atoms with Crippen molar-refractivity contribution in [1.29, 1.82) is 0 Å². The molecule has 0 radical (unpaired) electrons. The summed E-state index contributed by atoms with van der Waals surface area (Å²) in [6.07, 6.45) is 2.74. The van der Waals surface area contributed by atoms with Crippen molar-refractivity contribution in [3.8, 4) is 0 Å². The second-order valence-electron chi connectivity index (χ2n) is 4.20. The summed E-state index contributed by atoms with van der Waals surface area (Å²) in [4.78, 5) is 15.7. The molecule has 0 fully saturated rings. The van der Waals surface area contributed by atoms with E-state index >= 15 is 0 Å². The number of hydrogen-bond acceptors (Lipinski definition) is 5. The summed E-state index contributed by atoms with van der Waals surface area (Å²) in [7, 11) is -3.10. The van der Waals surface area contributed by atoms with Gasteiger partial charge in [0.15, 0.2) is 0 Å². The number of carbonyl (C=O) groups excluding carboxylic acids is 1. The Morgan fingerprint density at radius 1 is 1.50 bits per heavy atom. The van der Waals surface area contributed by atoms with Gasteiger partial charge in [0.1, 0.15) is 9.84 Å². The van der Waals surface area contributed by atoms with Crippen molar-refractivity contribution in [3.05, 3.63) is 24.0 Å². The highest BCUT2D eigenvalue weighted by atomic mass is 32.2. The van der Waals surface area contributed by atoms with Gasteiger partial charge in [0, 0.05) is 11.9 Å². The minimum absolute atomic E-state index is 0.101. The zero-order chi connectivity index (χ0) is 13.8. The van der Waals surface area contributed by atoms with E-state index in [1.807, 2.05) is 6.92 Å². The topological polar surface area (TPSA) is 102 Å². The summed E-state index contributed by atoms with van der Waals surface area (Å²) in [5.41, 5.74) is 6.99. The Balaban J connectivity index is 2.52. The third kappa shape index (κ3) is 5.24. The standard InChI is InChI=1S/C11H17N3O3S/c1-8-3-4-9(7-13-8)14-11(15)10(12)5-6-18(2,16)17/h3-4,7,10H,5-6,12H2,1-2H3,(H,14,15). The first kappa shape index (κ1) is 14.6. The fourth-order valence-electron chi connectivity index (χ4n) is 1.25. The number of nitrogens with two attached hydrogens (primary N) is 1. The molecule has 1 aromatic rings. The summed E-state index contributed by atoms with van der Waals surface area (Å²) in [5, 5.41) is 2.58. The Morgan fingerprint density at radius 3 is 2.67 bits per heavy atom. The maximum atomic E-state index is 11.7. The average Bonchev–Trinajstić information content (AvgIpc) is 2.28. The number of nitrogens with zero attached hydrogens (tertiary/aromatic N) is 1. The third-order valence-corrected chi connectivity index (χ3v) is 3.29. The Hall–Kier alpha value is -1.47. The van der Waals surface area contributed by atoms with Gasteiger partial charge in [-0.15, -0.1) is 0 Å². The van der Waals surface area contributed by atoms with Crippen LogP contribution >= 0.6 is 0 Å². The molecule has 0 aliphatic rings. The highest BCUT2D eigenvalue weighted by Gasteiger charge is 2.16. The van der Waals surface area contributed by atoms with Crippen LogP contribution in [0.4, 0.5) is 5.69 Å². The van der Waals surface area contributed by atoms with Gasteiger partial charge in [-0.1, -0.05) is 0 Å². The number of amides is 1. The van der Waals surface area contributed by atoms with Gasteiger partial charge >= 0.3 is 0 Å². The number of anilines is 1. The van der Waals surface area contributed by atoms with Crippen molar-refractivity contribution < 1.29 is 13.2 Å². The number of aryl methyl sites for hydroxylation is 1. The lowest BCUT2D eigenvalue weighted by Gasteiger charge is -2.11. The van der Waals surface area contributed by atoms with Crippen LogP contribution in [0.1, 0.15) is 12.1 Å². The highest BCUT2D eigenvalue weighted by molar-refractivity contribution is 7.90. The maximum Gasteiger partial charge on any atom is 0.241 e. The molecule has 0 aromatic carbocycles. The van der Waals surface area contributed by atoms with Gasteiger partial charge in [0.05, 0.1) is 23.7 Å². The van der Waals surface area contributed by atoms with E-state index in [0.717, 1.165) is 11.9 Å². The Kier molecular flexibility index (Phi) is 4.80. The fraction of sp³-hybridized carbons (Fsp3) is 0.455. The van der Waals surface area contributed by atoms with Gasteiger partial charge in [0.2, 0.25) is 5.91 Å². The minimum Gasteiger partial charge on any atom is -0.323 e. The van der Waals surface area contributed by atoms with E-state index in [4.69, 9.17) is 5.73 Å². The predicted octanol–water partition coefficient (Wildman–Crippen LogP) is 0.0905. The molecule has 1 rings (SSSR count). The molecule has 3 N–H and O–H groups in total. The molecular formula is C11H17N3O3S. The smallest absolute Gasteiger partial charge is 0.241 e. The number of hydrogen-bond donors (Lipinski definition) is 2. The van der Waals surface area contributed by atoms with E-state index in [2.05, 4.69) is 10.3 Å². The van der Waals surface area contributed by atoms with Crippen LogP contribution < -0.4 is 11.1 Å². The lowest BCUT2D eigenvalue weighted by atomic mass is 10.2. The van der Waals surface area contributed by atoms with Crippen molar-refractivity contribution in [3.63, 3.8) is 0 Å². The molecule has 0 saturated carbocycles. The van der Waals surface area contributed by atoms with Crippen LogP contribution in [-0.2, 0) is 14.6 Å². The molecule has 1 atom stereocenters. The van der Waals surface area contributed by atoms with Crippen LogP contribution in [0.15, 0.2) is 18.3 Å². The first-order valence-corrected chi connectivity index (χ1v) is 7.51. The zero-order valence-corrected chi connectivity index (χ0v) is 11.2. The Morgan fingerprint density at radius 2 is 2.17 bits per heavy atom. The average molecular weight is 271 g/mol. The molecular weight excluding hydrogens is 254 g/mol. The molecule has 1 amide bonds.